The lowest BCUT2D eigenvalue weighted by Crippen LogP contribution is -2.41. The fourth-order valence-electron chi connectivity index (χ4n) is 2.76. The summed E-state index contributed by atoms with van der Waals surface area (Å²) >= 11 is 0. The molecule has 25 heavy (non-hydrogen) atoms. The minimum atomic E-state index is -4.22. The van der Waals surface area contributed by atoms with Crippen LogP contribution in [0.5, 0.6) is 0 Å². The molecular formula is C17H20F3NO4. The maximum atomic E-state index is 12.4. The highest BCUT2D eigenvalue weighted by Gasteiger charge is 2.34. The lowest BCUT2D eigenvalue weighted by Gasteiger charge is -2.31. The van der Waals surface area contributed by atoms with Crippen LogP contribution in [0, 0.1) is 5.92 Å². The molecule has 0 saturated carbocycles. The maximum absolute atomic E-state index is 12.4. The molecule has 0 unspecified atom stereocenters. The third-order valence-corrected chi connectivity index (χ3v) is 4.05. The molecule has 1 aromatic carbocycles. The number of alkyl halides is 3. The standard InChI is InChI=1S/C17H20F3NO4/c1-24-15(22)14-4-2-3-12(9-14)10-25-16(23)13-5-7-21(8-6-13)11-17(18,19)20/h2-4,9,13H,5-8,10-11H2,1H3. The van der Waals surface area contributed by atoms with Crippen molar-refractivity contribution in [2.45, 2.75) is 25.6 Å². The van der Waals surface area contributed by atoms with E-state index in [1.807, 2.05) is 0 Å². The summed E-state index contributed by atoms with van der Waals surface area (Å²) in [6.07, 6.45) is -3.54. The van der Waals surface area contributed by atoms with Crippen molar-refractivity contribution < 1.29 is 32.2 Å². The molecule has 0 radical (unpaired) electrons. The van der Waals surface area contributed by atoms with Gasteiger partial charge >= 0.3 is 18.1 Å². The zero-order chi connectivity index (χ0) is 18.4. The van der Waals surface area contributed by atoms with Gasteiger partial charge in [0.05, 0.1) is 25.1 Å². The minimum Gasteiger partial charge on any atom is -0.465 e. The molecule has 0 atom stereocenters. The van der Waals surface area contributed by atoms with Gasteiger partial charge in [-0.05, 0) is 43.6 Å². The number of esters is 2. The predicted molar refractivity (Wildman–Crippen MR) is 82.8 cm³/mol. The van der Waals surface area contributed by atoms with Gasteiger partial charge in [-0.3, -0.25) is 9.69 Å². The molecule has 2 rings (SSSR count). The quantitative estimate of drug-likeness (QED) is 0.757. The largest absolute Gasteiger partial charge is 0.465 e. The summed E-state index contributed by atoms with van der Waals surface area (Å²) in [7, 11) is 1.28. The zero-order valence-corrected chi connectivity index (χ0v) is 13.8. The molecule has 1 heterocycles. The van der Waals surface area contributed by atoms with Crippen molar-refractivity contribution in [3.8, 4) is 0 Å². The molecule has 1 aliphatic heterocycles. The highest BCUT2D eigenvalue weighted by Crippen LogP contribution is 2.23. The lowest BCUT2D eigenvalue weighted by atomic mass is 9.97. The fraction of sp³-hybridized carbons (Fsp3) is 0.529. The number of halogens is 3. The van der Waals surface area contributed by atoms with E-state index in [9.17, 15) is 22.8 Å². The predicted octanol–water partition coefficient (Wildman–Crippen LogP) is 2.79. The number of carbonyl (C=O) groups is 2. The molecule has 1 aromatic rings. The van der Waals surface area contributed by atoms with Gasteiger partial charge in [0, 0.05) is 0 Å². The van der Waals surface area contributed by atoms with Crippen LogP contribution in [-0.4, -0.2) is 49.8 Å². The first-order chi connectivity index (χ1) is 11.8. The molecule has 1 saturated heterocycles. The smallest absolute Gasteiger partial charge is 0.401 e. The normalized spacial score (nSPS) is 16.5. The third kappa shape index (κ3) is 6.04. The highest BCUT2D eigenvalue weighted by atomic mass is 19.4. The van der Waals surface area contributed by atoms with E-state index in [1.165, 1.54) is 12.0 Å². The van der Waals surface area contributed by atoms with Crippen LogP contribution in [-0.2, 0) is 20.9 Å². The molecule has 5 nitrogen and oxygen atoms in total. The molecule has 0 bridgehead atoms. The Morgan fingerprint density at radius 1 is 1.24 bits per heavy atom. The average molecular weight is 359 g/mol. The number of hydrogen-bond acceptors (Lipinski definition) is 5. The Bertz CT molecular complexity index is 610. The van der Waals surface area contributed by atoms with Crippen molar-refractivity contribution in [1.82, 2.24) is 4.90 Å². The van der Waals surface area contributed by atoms with Gasteiger partial charge in [-0.15, -0.1) is 0 Å². The first-order valence-corrected chi connectivity index (χ1v) is 7.91. The summed E-state index contributed by atoms with van der Waals surface area (Å²) < 4.78 is 46.9. The van der Waals surface area contributed by atoms with E-state index in [4.69, 9.17) is 4.74 Å². The second kappa shape index (κ2) is 8.33. The number of rotatable bonds is 5. The SMILES string of the molecule is COC(=O)c1cccc(COC(=O)C2CCN(CC(F)(F)F)CC2)c1. The van der Waals surface area contributed by atoms with Crippen molar-refractivity contribution >= 4 is 11.9 Å². The Labute approximate surface area is 143 Å². The summed E-state index contributed by atoms with van der Waals surface area (Å²) in [6.45, 7) is -0.504. The molecule has 1 fully saturated rings. The number of piperidine rings is 1. The lowest BCUT2D eigenvalue weighted by molar-refractivity contribution is -0.156. The molecule has 0 spiro atoms. The van der Waals surface area contributed by atoms with Crippen molar-refractivity contribution in [1.29, 1.82) is 0 Å². The molecule has 0 aliphatic carbocycles. The Morgan fingerprint density at radius 3 is 2.52 bits per heavy atom. The topological polar surface area (TPSA) is 55.8 Å². The summed E-state index contributed by atoms with van der Waals surface area (Å²) in [6, 6.07) is 6.54. The zero-order valence-electron chi connectivity index (χ0n) is 13.8. The Morgan fingerprint density at radius 2 is 1.92 bits per heavy atom. The Hall–Kier alpha value is -2.09. The summed E-state index contributed by atoms with van der Waals surface area (Å²) in [5, 5.41) is 0. The summed E-state index contributed by atoms with van der Waals surface area (Å²) in [5.41, 5.74) is 1.00. The monoisotopic (exact) mass is 359 g/mol. The van der Waals surface area contributed by atoms with Gasteiger partial charge in [-0.25, -0.2) is 4.79 Å². The second-order valence-electron chi connectivity index (χ2n) is 5.97. The van der Waals surface area contributed by atoms with Crippen molar-refractivity contribution in [2.24, 2.45) is 5.92 Å². The number of nitrogens with zero attached hydrogens (tertiary/aromatic N) is 1. The average Bonchev–Trinajstić information content (AvgIpc) is 2.58. The minimum absolute atomic E-state index is 0.00638. The van der Waals surface area contributed by atoms with Gasteiger partial charge < -0.3 is 9.47 Å². The van der Waals surface area contributed by atoms with Crippen LogP contribution >= 0.6 is 0 Å². The van der Waals surface area contributed by atoms with E-state index < -0.39 is 30.6 Å². The second-order valence-corrected chi connectivity index (χ2v) is 5.97. The first kappa shape index (κ1) is 19.2. The van der Waals surface area contributed by atoms with Crippen LogP contribution in [0.15, 0.2) is 24.3 Å². The Balaban J connectivity index is 1.81. The van der Waals surface area contributed by atoms with E-state index >= 15 is 0 Å². The van der Waals surface area contributed by atoms with Crippen molar-refractivity contribution in [3.05, 3.63) is 35.4 Å². The van der Waals surface area contributed by atoms with Crippen molar-refractivity contribution in [3.63, 3.8) is 0 Å². The molecular weight excluding hydrogens is 339 g/mol. The molecule has 0 amide bonds. The maximum Gasteiger partial charge on any atom is 0.401 e. The number of methoxy groups -OCH3 is 1. The number of ether oxygens (including phenoxy) is 2. The summed E-state index contributed by atoms with van der Waals surface area (Å²) in [4.78, 5) is 24.8. The van der Waals surface area contributed by atoms with E-state index in [-0.39, 0.29) is 19.7 Å². The van der Waals surface area contributed by atoms with Gasteiger partial charge in [0.15, 0.2) is 0 Å². The third-order valence-electron chi connectivity index (χ3n) is 4.05. The number of likely N-dealkylation sites (tertiary alicyclic amines) is 1. The highest BCUT2D eigenvalue weighted by molar-refractivity contribution is 5.89. The molecule has 1 aliphatic rings. The van der Waals surface area contributed by atoms with Crippen LogP contribution in [0.1, 0.15) is 28.8 Å². The van der Waals surface area contributed by atoms with Crippen LogP contribution < -0.4 is 0 Å². The Kier molecular flexibility index (Phi) is 6.41. The molecule has 0 N–H and O–H groups in total. The van der Waals surface area contributed by atoms with E-state index in [0.717, 1.165) is 0 Å². The number of hydrogen-bond donors (Lipinski definition) is 0. The van der Waals surface area contributed by atoms with E-state index in [1.54, 1.807) is 24.3 Å². The van der Waals surface area contributed by atoms with Gasteiger partial charge in [-0.2, -0.15) is 13.2 Å². The molecule has 0 aromatic heterocycles. The van der Waals surface area contributed by atoms with Crippen LogP contribution in [0.25, 0.3) is 0 Å². The van der Waals surface area contributed by atoms with E-state index in [2.05, 4.69) is 4.74 Å². The van der Waals surface area contributed by atoms with Crippen LogP contribution in [0.2, 0.25) is 0 Å². The van der Waals surface area contributed by atoms with Gasteiger partial charge in [-0.1, -0.05) is 12.1 Å². The molecule has 138 valence electrons. The van der Waals surface area contributed by atoms with Gasteiger partial charge in [0.2, 0.25) is 0 Å². The van der Waals surface area contributed by atoms with Crippen LogP contribution in [0.4, 0.5) is 13.2 Å². The number of benzene rings is 1. The van der Waals surface area contributed by atoms with Gasteiger partial charge in [0.1, 0.15) is 6.61 Å². The van der Waals surface area contributed by atoms with E-state index in [0.29, 0.717) is 24.0 Å². The number of carbonyl (C=O) groups excluding carboxylic acids is 2. The van der Waals surface area contributed by atoms with Crippen molar-refractivity contribution in [2.75, 3.05) is 26.7 Å². The van der Waals surface area contributed by atoms with Gasteiger partial charge in [0.25, 0.3) is 0 Å². The van der Waals surface area contributed by atoms with Crippen LogP contribution in [0.3, 0.4) is 0 Å². The first-order valence-electron chi connectivity index (χ1n) is 7.91. The molecule has 8 heteroatoms. The fourth-order valence-corrected chi connectivity index (χ4v) is 2.76. The summed E-state index contributed by atoms with van der Waals surface area (Å²) in [5.74, 6) is -1.30.